The first-order chi connectivity index (χ1) is 7.72. The van der Waals surface area contributed by atoms with Crippen molar-refractivity contribution in [2.75, 3.05) is 13.1 Å². The molecule has 6 heteroatoms. The van der Waals surface area contributed by atoms with E-state index in [-0.39, 0.29) is 23.8 Å². The van der Waals surface area contributed by atoms with Crippen molar-refractivity contribution in [3.05, 3.63) is 32.6 Å². The van der Waals surface area contributed by atoms with Gasteiger partial charge in [-0.25, -0.2) is 4.79 Å². The number of H-pyrrole nitrogens is 1. The number of hydrogen-bond acceptors (Lipinski definition) is 4. The molecule has 4 N–H and O–H groups in total. The molecule has 16 heavy (non-hydrogen) atoms. The number of hydrogen-bond donors (Lipinski definition) is 3. The van der Waals surface area contributed by atoms with Crippen molar-refractivity contribution in [3.8, 4) is 0 Å². The Morgan fingerprint density at radius 1 is 1.38 bits per heavy atom. The Morgan fingerprint density at radius 2 is 2.06 bits per heavy atom. The lowest BCUT2D eigenvalue weighted by Crippen LogP contribution is -2.38. The third kappa shape index (κ3) is 2.07. The highest BCUT2D eigenvalue weighted by Gasteiger charge is 2.16. The Hall–Kier alpha value is -1.40. The van der Waals surface area contributed by atoms with Crippen molar-refractivity contribution in [1.82, 2.24) is 14.9 Å². The molecule has 2 rings (SSSR count). The lowest BCUT2D eigenvalue weighted by molar-refractivity contribution is 0.355. The van der Waals surface area contributed by atoms with E-state index in [9.17, 15) is 9.59 Å². The summed E-state index contributed by atoms with van der Waals surface area (Å²) in [6.45, 7) is 1.95. The van der Waals surface area contributed by atoms with Crippen molar-refractivity contribution < 1.29 is 0 Å². The molecule has 0 bridgehead atoms. The third-order valence-electron chi connectivity index (χ3n) is 2.96. The van der Waals surface area contributed by atoms with E-state index >= 15 is 0 Å². The summed E-state index contributed by atoms with van der Waals surface area (Å²) < 4.78 is 1.60. The summed E-state index contributed by atoms with van der Waals surface area (Å²) in [6, 6.07) is 0.163. The quantitative estimate of drug-likeness (QED) is 0.595. The van der Waals surface area contributed by atoms with Crippen LogP contribution in [0.2, 0.25) is 0 Å². The largest absolute Gasteiger partial charge is 0.328 e. The molecule has 1 aromatic heterocycles. The fourth-order valence-electron chi connectivity index (χ4n) is 2.03. The Morgan fingerprint density at radius 3 is 2.69 bits per heavy atom. The predicted octanol–water partition coefficient (Wildman–Crippen LogP) is -1.08. The first-order valence-corrected chi connectivity index (χ1v) is 5.47. The zero-order valence-electron chi connectivity index (χ0n) is 9.03. The predicted molar refractivity (Wildman–Crippen MR) is 60.4 cm³/mol. The van der Waals surface area contributed by atoms with Gasteiger partial charge in [-0.2, -0.15) is 0 Å². The molecule has 88 valence electrons. The fraction of sp³-hybridized carbons (Fsp3) is 0.600. The molecular weight excluding hydrogens is 208 g/mol. The van der Waals surface area contributed by atoms with Gasteiger partial charge in [-0.1, -0.05) is 0 Å². The van der Waals surface area contributed by atoms with E-state index in [1.54, 1.807) is 10.8 Å². The van der Waals surface area contributed by atoms with Crippen LogP contribution in [-0.4, -0.2) is 22.6 Å². The second-order valence-corrected chi connectivity index (χ2v) is 4.01. The second-order valence-electron chi connectivity index (χ2n) is 4.01. The molecule has 0 aliphatic carbocycles. The monoisotopic (exact) mass is 224 g/mol. The van der Waals surface area contributed by atoms with Crippen molar-refractivity contribution in [3.63, 3.8) is 0 Å². The number of piperidine rings is 1. The molecule has 6 nitrogen and oxygen atoms in total. The summed E-state index contributed by atoms with van der Waals surface area (Å²) >= 11 is 0. The van der Waals surface area contributed by atoms with E-state index in [1.807, 2.05) is 0 Å². The summed E-state index contributed by atoms with van der Waals surface area (Å²) in [6.07, 6.45) is 3.39. The summed E-state index contributed by atoms with van der Waals surface area (Å²) in [4.78, 5) is 25.3. The van der Waals surface area contributed by atoms with Gasteiger partial charge in [0.1, 0.15) is 0 Å². The highest BCUT2D eigenvalue weighted by atomic mass is 16.2. The highest BCUT2D eigenvalue weighted by molar-refractivity contribution is 5.04. The van der Waals surface area contributed by atoms with Crippen LogP contribution in [0.25, 0.3) is 0 Å². The SMILES string of the molecule is NCc1cn(C2CCNCC2)c(=O)[nH]c1=O. The van der Waals surface area contributed by atoms with Crippen molar-refractivity contribution >= 4 is 0 Å². The molecule has 2 heterocycles. The molecular formula is C10H16N4O2. The standard InChI is InChI=1S/C10H16N4O2/c11-5-7-6-14(10(16)13-9(7)15)8-1-3-12-4-2-8/h6,8,12H,1-5,11H2,(H,13,15,16). The van der Waals surface area contributed by atoms with Crippen LogP contribution in [0.4, 0.5) is 0 Å². The highest BCUT2D eigenvalue weighted by Crippen LogP contribution is 2.15. The molecule has 0 amide bonds. The van der Waals surface area contributed by atoms with Gasteiger partial charge in [0.15, 0.2) is 0 Å². The van der Waals surface area contributed by atoms with E-state index in [0.29, 0.717) is 5.56 Å². The van der Waals surface area contributed by atoms with E-state index in [4.69, 9.17) is 5.73 Å². The van der Waals surface area contributed by atoms with Gasteiger partial charge in [-0.15, -0.1) is 0 Å². The number of rotatable bonds is 2. The maximum atomic E-state index is 11.7. The summed E-state index contributed by atoms with van der Waals surface area (Å²) in [5, 5.41) is 3.23. The minimum absolute atomic E-state index is 0.153. The van der Waals surface area contributed by atoms with Gasteiger partial charge >= 0.3 is 5.69 Å². The molecule has 0 aromatic carbocycles. The topological polar surface area (TPSA) is 92.9 Å². The first kappa shape index (κ1) is 11.1. The van der Waals surface area contributed by atoms with Gasteiger partial charge < -0.3 is 11.1 Å². The molecule has 1 aliphatic heterocycles. The molecule has 1 aliphatic rings. The van der Waals surface area contributed by atoms with Crippen LogP contribution in [0.15, 0.2) is 15.8 Å². The summed E-state index contributed by atoms with van der Waals surface area (Å²) in [7, 11) is 0. The molecule has 1 aromatic rings. The minimum Gasteiger partial charge on any atom is -0.326 e. The molecule has 1 fully saturated rings. The van der Waals surface area contributed by atoms with Gasteiger partial charge in [-0.3, -0.25) is 14.3 Å². The smallest absolute Gasteiger partial charge is 0.326 e. The van der Waals surface area contributed by atoms with E-state index in [2.05, 4.69) is 10.3 Å². The van der Waals surface area contributed by atoms with Gasteiger partial charge in [-0.05, 0) is 25.9 Å². The Kier molecular flexibility index (Phi) is 3.21. The van der Waals surface area contributed by atoms with Crippen molar-refractivity contribution in [2.45, 2.75) is 25.4 Å². The van der Waals surface area contributed by atoms with Crippen LogP contribution in [0.3, 0.4) is 0 Å². The van der Waals surface area contributed by atoms with Crippen LogP contribution in [-0.2, 0) is 6.54 Å². The van der Waals surface area contributed by atoms with Crippen LogP contribution < -0.4 is 22.3 Å². The fourth-order valence-corrected chi connectivity index (χ4v) is 2.03. The van der Waals surface area contributed by atoms with Crippen molar-refractivity contribution in [1.29, 1.82) is 0 Å². The second kappa shape index (κ2) is 4.63. The average molecular weight is 224 g/mol. The molecule has 1 saturated heterocycles. The van der Waals surface area contributed by atoms with Crippen LogP contribution in [0.1, 0.15) is 24.4 Å². The summed E-state index contributed by atoms with van der Waals surface area (Å²) in [5.74, 6) is 0. The lowest BCUT2D eigenvalue weighted by atomic mass is 10.1. The Labute approximate surface area is 92.5 Å². The number of aromatic amines is 1. The molecule has 0 saturated carbocycles. The number of nitrogens with zero attached hydrogens (tertiary/aromatic N) is 1. The zero-order valence-corrected chi connectivity index (χ0v) is 9.03. The molecule has 0 unspecified atom stereocenters. The lowest BCUT2D eigenvalue weighted by Gasteiger charge is -2.24. The molecule has 0 spiro atoms. The Bertz CT molecular complexity index is 470. The maximum Gasteiger partial charge on any atom is 0.328 e. The third-order valence-corrected chi connectivity index (χ3v) is 2.96. The number of aromatic nitrogens is 2. The minimum atomic E-state index is -0.377. The number of nitrogens with two attached hydrogens (primary N) is 1. The van der Waals surface area contributed by atoms with E-state index in [0.717, 1.165) is 25.9 Å². The number of nitrogens with one attached hydrogen (secondary N) is 2. The van der Waals surface area contributed by atoms with Gasteiger partial charge in [0.05, 0.1) is 0 Å². The van der Waals surface area contributed by atoms with Crippen LogP contribution >= 0.6 is 0 Å². The average Bonchev–Trinajstić information content (AvgIpc) is 2.30. The van der Waals surface area contributed by atoms with Crippen LogP contribution in [0, 0.1) is 0 Å². The van der Waals surface area contributed by atoms with E-state index < -0.39 is 0 Å². The van der Waals surface area contributed by atoms with Gasteiger partial charge in [0.25, 0.3) is 5.56 Å². The van der Waals surface area contributed by atoms with Gasteiger partial charge in [0, 0.05) is 24.3 Å². The Balaban J connectivity index is 2.39. The summed E-state index contributed by atoms with van der Waals surface area (Å²) in [5.41, 5.74) is 5.19. The van der Waals surface area contributed by atoms with Crippen molar-refractivity contribution in [2.24, 2.45) is 5.73 Å². The molecule has 0 radical (unpaired) electrons. The van der Waals surface area contributed by atoms with Crippen LogP contribution in [0.5, 0.6) is 0 Å². The zero-order chi connectivity index (χ0) is 11.5. The first-order valence-electron chi connectivity index (χ1n) is 5.47. The molecule has 0 atom stereocenters. The normalized spacial score (nSPS) is 17.6. The van der Waals surface area contributed by atoms with Gasteiger partial charge in [0.2, 0.25) is 0 Å². The maximum absolute atomic E-state index is 11.7. The van der Waals surface area contributed by atoms with E-state index in [1.165, 1.54) is 0 Å².